The molecule has 2 unspecified atom stereocenters. The summed E-state index contributed by atoms with van der Waals surface area (Å²) in [5.41, 5.74) is -0.989. The van der Waals surface area contributed by atoms with E-state index in [1.54, 1.807) is 0 Å². The van der Waals surface area contributed by atoms with Crippen LogP contribution in [0.2, 0.25) is 0 Å². The Balaban J connectivity index is 2.40. The zero-order chi connectivity index (χ0) is 32.6. The summed E-state index contributed by atoms with van der Waals surface area (Å²) >= 11 is 1.32. The summed E-state index contributed by atoms with van der Waals surface area (Å²) in [5, 5.41) is 13.7. The van der Waals surface area contributed by atoms with E-state index in [1.165, 1.54) is 62.3 Å². The van der Waals surface area contributed by atoms with Crippen LogP contribution in [0.1, 0.15) is 115 Å². The van der Waals surface area contributed by atoms with Gasteiger partial charge in [0.05, 0.1) is 5.56 Å². The Kier molecular flexibility index (Phi) is 17.5. The third kappa shape index (κ3) is 16.7. The topological polar surface area (TPSA) is 121 Å². The van der Waals surface area contributed by atoms with Crippen LogP contribution < -0.4 is 10.6 Å². The van der Waals surface area contributed by atoms with Gasteiger partial charge in [0, 0.05) is 17.7 Å². The minimum absolute atomic E-state index is 0.0530. The van der Waals surface area contributed by atoms with Crippen molar-refractivity contribution in [2.45, 2.75) is 112 Å². The first-order chi connectivity index (χ1) is 20.1. The fourth-order valence-electron chi connectivity index (χ4n) is 4.58. The molecule has 3 atom stereocenters. The maximum absolute atomic E-state index is 13.2. The van der Waals surface area contributed by atoms with Crippen LogP contribution in [0.5, 0.6) is 0 Å². The van der Waals surface area contributed by atoms with E-state index in [9.17, 15) is 32.7 Å². The molecule has 12 heteroatoms. The minimum atomic E-state index is -4.94. The number of carbonyl (C=O) groups excluding carboxylic acids is 2. The number of halogens is 3. The number of carboxylic acids is 1. The molecule has 0 aliphatic heterocycles. The van der Waals surface area contributed by atoms with Gasteiger partial charge in [0.1, 0.15) is 6.04 Å². The van der Waals surface area contributed by atoms with Gasteiger partial charge in [-0.2, -0.15) is 24.9 Å². The molecule has 244 valence electrons. The fourth-order valence-corrected chi connectivity index (χ4v) is 5.58. The number of thioether (sulfide) groups is 1. The van der Waals surface area contributed by atoms with Crippen molar-refractivity contribution in [3.63, 3.8) is 0 Å². The normalized spacial score (nSPS) is 14.3. The highest BCUT2D eigenvalue weighted by Crippen LogP contribution is 2.31. The Hall–Kier alpha value is -2.63. The van der Waals surface area contributed by atoms with Crippen LogP contribution in [0.15, 0.2) is 17.8 Å². The molecule has 0 spiro atoms. The van der Waals surface area contributed by atoms with Gasteiger partial charge in [-0.3, -0.25) is 10.1 Å². The van der Waals surface area contributed by atoms with Gasteiger partial charge in [0.15, 0.2) is 11.5 Å². The second-order valence-corrected chi connectivity index (χ2v) is 13.0. The minimum Gasteiger partial charge on any atom is -0.480 e. The number of carboxylic acid groups (broad SMARTS) is 1. The second kappa shape index (κ2) is 19.6. The zero-order valence-corrected chi connectivity index (χ0v) is 27.2. The van der Waals surface area contributed by atoms with Crippen LogP contribution in [0.3, 0.4) is 0 Å². The van der Waals surface area contributed by atoms with Crippen molar-refractivity contribution in [3.8, 4) is 0 Å². The third-order valence-corrected chi connectivity index (χ3v) is 8.21. The molecule has 1 aromatic rings. The van der Waals surface area contributed by atoms with Crippen molar-refractivity contribution in [2.24, 2.45) is 17.8 Å². The Bertz CT molecular complexity index is 1070. The van der Waals surface area contributed by atoms with Gasteiger partial charge >= 0.3 is 18.2 Å². The maximum atomic E-state index is 13.2. The predicted octanol–water partition coefficient (Wildman–Crippen LogP) is 8.39. The molecule has 8 nitrogen and oxygen atoms in total. The van der Waals surface area contributed by atoms with Gasteiger partial charge in [-0.05, 0) is 44.4 Å². The lowest BCUT2D eigenvalue weighted by atomic mass is 9.91. The molecule has 1 aromatic heterocycles. The third-order valence-electron chi connectivity index (χ3n) is 7.24. The number of nitrogens with zero attached hydrogens (tertiary/aromatic N) is 2. The smallest absolute Gasteiger partial charge is 0.434 e. The standard InChI is InChI=1S/C31H49F3N4O4S/c1-20(2)10-7-11-21(3)12-8-13-22(4)14-9-15-23(5)16-17-43-19-26(28(40)41)36-30(42)38-29-35-18-25(24(6)39)27(37-29)31(32,33)34/h16,18,20-22,26H,7-15,17,19H2,1-6H3,(H,40,41)(H2,35,36,37,38,42)/b23-16+/t21?,22?,26-/m0/s1. The number of amides is 2. The van der Waals surface area contributed by atoms with E-state index in [1.807, 2.05) is 5.32 Å². The molecule has 0 aromatic carbocycles. The van der Waals surface area contributed by atoms with Gasteiger partial charge in [0.25, 0.3) is 0 Å². The maximum Gasteiger partial charge on any atom is 0.434 e. The summed E-state index contributed by atoms with van der Waals surface area (Å²) in [4.78, 5) is 42.1. The number of allylic oxidation sites excluding steroid dienone is 1. The summed E-state index contributed by atoms with van der Waals surface area (Å²) in [6.45, 7) is 12.2. The van der Waals surface area contributed by atoms with Crippen molar-refractivity contribution in [1.29, 1.82) is 0 Å². The second-order valence-electron chi connectivity index (χ2n) is 11.9. The van der Waals surface area contributed by atoms with Crippen LogP contribution in [0.25, 0.3) is 0 Å². The van der Waals surface area contributed by atoms with Crippen molar-refractivity contribution in [2.75, 3.05) is 16.8 Å². The van der Waals surface area contributed by atoms with E-state index in [2.05, 4.69) is 56.0 Å². The molecule has 0 bridgehead atoms. The molecular weight excluding hydrogens is 581 g/mol. The van der Waals surface area contributed by atoms with E-state index in [0.29, 0.717) is 17.9 Å². The van der Waals surface area contributed by atoms with Gasteiger partial charge in [0.2, 0.25) is 5.95 Å². The van der Waals surface area contributed by atoms with Crippen LogP contribution in [-0.2, 0) is 11.0 Å². The van der Waals surface area contributed by atoms with Gasteiger partial charge in [-0.25, -0.2) is 19.6 Å². The van der Waals surface area contributed by atoms with Gasteiger partial charge in [-0.15, -0.1) is 0 Å². The molecule has 0 aliphatic rings. The molecule has 2 amide bonds. The Labute approximate surface area is 258 Å². The lowest BCUT2D eigenvalue weighted by molar-refractivity contribution is -0.141. The molecule has 1 rings (SSSR count). The number of hydrogen-bond donors (Lipinski definition) is 3. The van der Waals surface area contributed by atoms with Crippen LogP contribution >= 0.6 is 11.8 Å². The number of rotatable bonds is 20. The van der Waals surface area contributed by atoms with E-state index >= 15 is 0 Å². The summed E-state index contributed by atoms with van der Waals surface area (Å²) in [6.07, 6.45) is 8.82. The zero-order valence-electron chi connectivity index (χ0n) is 26.4. The average molecular weight is 631 g/mol. The number of aromatic nitrogens is 2. The highest BCUT2D eigenvalue weighted by Gasteiger charge is 2.37. The Morgan fingerprint density at radius 2 is 1.56 bits per heavy atom. The summed E-state index contributed by atoms with van der Waals surface area (Å²) in [6, 6.07) is -2.35. The summed E-state index contributed by atoms with van der Waals surface area (Å²) in [5.74, 6) is 0.0171. The first kappa shape index (κ1) is 38.4. The SMILES string of the molecule is CC(=O)c1cnc(NC(=O)N[C@@H](CSC/C=C(\C)CCCC(C)CCCC(C)CCCC(C)C)C(=O)O)nc1C(F)(F)F. The first-order valence-corrected chi connectivity index (χ1v) is 16.2. The van der Waals surface area contributed by atoms with Crippen LogP contribution in [0, 0.1) is 17.8 Å². The lowest BCUT2D eigenvalue weighted by Crippen LogP contribution is -2.45. The number of urea groups is 1. The molecule has 3 N–H and O–H groups in total. The molecule has 0 saturated carbocycles. The molecular formula is C31H49F3N4O4S. The number of anilines is 1. The van der Waals surface area contributed by atoms with E-state index in [-0.39, 0.29) is 5.75 Å². The van der Waals surface area contributed by atoms with Crippen molar-refractivity contribution in [3.05, 3.63) is 29.1 Å². The summed E-state index contributed by atoms with van der Waals surface area (Å²) < 4.78 is 39.7. The summed E-state index contributed by atoms with van der Waals surface area (Å²) in [7, 11) is 0. The number of alkyl halides is 3. The number of hydrogen-bond acceptors (Lipinski definition) is 6. The molecule has 0 saturated heterocycles. The lowest BCUT2D eigenvalue weighted by Gasteiger charge is -2.15. The van der Waals surface area contributed by atoms with E-state index in [4.69, 9.17) is 0 Å². The molecule has 0 fully saturated rings. The first-order valence-electron chi connectivity index (χ1n) is 15.1. The number of nitrogens with one attached hydrogen (secondary N) is 2. The van der Waals surface area contributed by atoms with Gasteiger partial charge in [-0.1, -0.05) is 84.3 Å². The van der Waals surface area contributed by atoms with E-state index < -0.39 is 47.2 Å². The number of aliphatic carboxylic acids is 1. The number of carbonyl (C=O) groups is 3. The monoisotopic (exact) mass is 630 g/mol. The van der Waals surface area contributed by atoms with Crippen LogP contribution in [-0.4, -0.2) is 50.4 Å². The molecule has 43 heavy (non-hydrogen) atoms. The van der Waals surface area contributed by atoms with Crippen molar-refractivity contribution >= 4 is 35.5 Å². The highest BCUT2D eigenvalue weighted by atomic mass is 32.2. The largest absolute Gasteiger partial charge is 0.480 e. The quantitative estimate of drug-likeness (QED) is 0.0751. The average Bonchev–Trinajstić information content (AvgIpc) is 2.89. The van der Waals surface area contributed by atoms with Crippen molar-refractivity contribution in [1.82, 2.24) is 15.3 Å². The fraction of sp³-hybridized carbons (Fsp3) is 0.710. The molecule has 0 aliphatic carbocycles. The van der Waals surface area contributed by atoms with Crippen LogP contribution in [0.4, 0.5) is 23.9 Å². The predicted molar refractivity (Wildman–Crippen MR) is 166 cm³/mol. The Morgan fingerprint density at radius 3 is 2.09 bits per heavy atom. The number of Topliss-reactive ketones (excluding diaryl/α,β-unsaturated/α-hetero) is 1. The molecule has 0 radical (unpaired) electrons. The van der Waals surface area contributed by atoms with Gasteiger partial charge < -0.3 is 10.4 Å². The number of ketones is 1. The Morgan fingerprint density at radius 1 is 0.977 bits per heavy atom. The molecule has 1 heterocycles. The van der Waals surface area contributed by atoms with E-state index in [0.717, 1.165) is 31.6 Å². The highest BCUT2D eigenvalue weighted by molar-refractivity contribution is 7.99. The van der Waals surface area contributed by atoms with Crippen molar-refractivity contribution < 1.29 is 32.7 Å².